The first-order chi connectivity index (χ1) is 6.68. The zero-order chi connectivity index (χ0) is 10.4. The van der Waals surface area contributed by atoms with E-state index in [1.54, 1.807) is 0 Å². The Bertz CT molecular complexity index is 277. The summed E-state index contributed by atoms with van der Waals surface area (Å²) in [6.45, 7) is 8.10. The second-order valence-corrected chi connectivity index (χ2v) is 3.93. The van der Waals surface area contributed by atoms with Gasteiger partial charge in [0.2, 0.25) is 0 Å². The van der Waals surface area contributed by atoms with E-state index in [2.05, 4.69) is 55.8 Å². The van der Waals surface area contributed by atoms with Gasteiger partial charge in [-0.15, -0.1) is 6.58 Å². The third-order valence-corrected chi connectivity index (χ3v) is 2.22. The first-order valence-corrected chi connectivity index (χ1v) is 5.05. The monoisotopic (exact) mass is 189 g/mol. The van der Waals surface area contributed by atoms with Crippen LogP contribution in [0.3, 0.4) is 0 Å². The summed E-state index contributed by atoms with van der Waals surface area (Å²) in [6.07, 6.45) is 1.09. The van der Waals surface area contributed by atoms with Crippen LogP contribution in [-0.2, 0) is 6.54 Å². The Balaban J connectivity index is 2.34. The summed E-state index contributed by atoms with van der Waals surface area (Å²) in [6, 6.07) is 10.6. The van der Waals surface area contributed by atoms with Gasteiger partial charge in [0.05, 0.1) is 0 Å². The molecule has 0 aliphatic heterocycles. The Morgan fingerprint density at radius 3 is 2.50 bits per heavy atom. The van der Waals surface area contributed by atoms with Gasteiger partial charge in [-0.25, -0.2) is 0 Å². The van der Waals surface area contributed by atoms with Crippen molar-refractivity contribution in [1.29, 1.82) is 0 Å². The molecule has 0 N–H and O–H groups in total. The van der Waals surface area contributed by atoms with Crippen molar-refractivity contribution in [3.05, 3.63) is 48.0 Å². The van der Waals surface area contributed by atoms with Gasteiger partial charge in [-0.1, -0.05) is 35.9 Å². The molecule has 0 heterocycles. The van der Waals surface area contributed by atoms with Crippen LogP contribution in [-0.4, -0.2) is 18.5 Å². The molecule has 1 rings (SSSR count). The lowest BCUT2D eigenvalue weighted by Crippen LogP contribution is -2.19. The summed E-state index contributed by atoms with van der Waals surface area (Å²) in [4.78, 5) is 2.32. The third kappa shape index (κ3) is 4.24. The maximum Gasteiger partial charge on any atom is 0.0230 e. The van der Waals surface area contributed by atoms with Crippen LogP contribution in [0.15, 0.2) is 42.5 Å². The Labute approximate surface area is 87.1 Å². The van der Waals surface area contributed by atoms with Crippen LogP contribution in [0.25, 0.3) is 0 Å². The zero-order valence-corrected chi connectivity index (χ0v) is 9.16. The van der Waals surface area contributed by atoms with Crippen LogP contribution in [0.4, 0.5) is 0 Å². The van der Waals surface area contributed by atoms with Crippen molar-refractivity contribution in [1.82, 2.24) is 4.90 Å². The van der Waals surface area contributed by atoms with Crippen LogP contribution in [0.5, 0.6) is 0 Å². The fourth-order valence-corrected chi connectivity index (χ4v) is 1.36. The molecule has 0 fully saturated rings. The van der Waals surface area contributed by atoms with Gasteiger partial charge in [0.1, 0.15) is 0 Å². The van der Waals surface area contributed by atoms with Crippen molar-refractivity contribution in [2.24, 2.45) is 0 Å². The summed E-state index contributed by atoms with van der Waals surface area (Å²) < 4.78 is 0. The standard InChI is InChI=1S/C13H19N/c1-12(2)9-10-14(3)11-13-7-5-4-6-8-13/h4-8H,1,9-11H2,2-3H3. The quantitative estimate of drug-likeness (QED) is 0.643. The first kappa shape index (κ1) is 11.0. The molecule has 0 bridgehead atoms. The third-order valence-electron chi connectivity index (χ3n) is 2.22. The van der Waals surface area contributed by atoms with Crippen molar-refractivity contribution in [3.8, 4) is 0 Å². The highest BCUT2D eigenvalue weighted by molar-refractivity contribution is 5.14. The average molecular weight is 189 g/mol. The van der Waals surface area contributed by atoms with Crippen LogP contribution in [0.1, 0.15) is 18.9 Å². The Hall–Kier alpha value is -1.08. The maximum atomic E-state index is 3.91. The molecule has 0 aliphatic carbocycles. The first-order valence-electron chi connectivity index (χ1n) is 5.05. The fraction of sp³-hybridized carbons (Fsp3) is 0.385. The van der Waals surface area contributed by atoms with Gasteiger partial charge < -0.3 is 4.90 Å². The Morgan fingerprint density at radius 1 is 1.29 bits per heavy atom. The molecule has 0 saturated carbocycles. The molecular weight excluding hydrogens is 170 g/mol. The summed E-state index contributed by atoms with van der Waals surface area (Å²) in [5, 5.41) is 0. The van der Waals surface area contributed by atoms with E-state index < -0.39 is 0 Å². The highest BCUT2D eigenvalue weighted by atomic mass is 15.1. The van der Waals surface area contributed by atoms with Gasteiger partial charge in [0, 0.05) is 13.1 Å². The molecular formula is C13H19N. The van der Waals surface area contributed by atoms with Crippen LogP contribution in [0.2, 0.25) is 0 Å². The Kier molecular flexibility index (Phi) is 4.41. The predicted octanol–water partition coefficient (Wildman–Crippen LogP) is 3.08. The van der Waals surface area contributed by atoms with E-state index in [1.807, 2.05) is 0 Å². The van der Waals surface area contributed by atoms with Gasteiger partial charge in [-0.05, 0) is 26.0 Å². The second-order valence-electron chi connectivity index (χ2n) is 3.93. The summed E-state index contributed by atoms with van der Waals surface area (Å²) in [5.74, 6) is 0. The molecule has 1 heteroatoms. The normalized spacial score (nSPS) is 10.5. The van der Waals surface area contributed by atoms with Crippen molar-refractivity contribution in [2.45, 2.75) is 19.9 Å². The topological polar surface area (TPSA) is 3.24 Å². The molecule has 0 amide bonds. The molecule has 1 aromatic carbocycles. The van der Waals surface area contributed by atoms with Crippen molar-refractivity contribution >= 4 is 0 Å². The molecule has 0 aliphatic rings. The maximum absolute atomic E-state index is 3.91. The van der Waals surface area contributed by atoms with Gasteiger partial charge in [0.15, 0.2) is 0 Å². The van der Waals surface area contributed by atoms with E-state index in [0.29, 0.717) is 0 Å². The smallest absolute Gasteiger partial charge is 0.0230 e. The zero-order valence-electron chi connectivity index (χ0n) is 9.16. The van der Waals surface area contributed by atoms with E-state index in [9.17, 15) is 0 Å². The van der Waals surface area contributed by atoms with E-state index in [-0.39, 0.29) is 0 Å². The molecule has 0 saturated heterocycles. The molecule has 76 valence electrons. The van der Waals surface area contributed by atoms with Gasteiger partial charge >= 0.3 is 0 Å². The highest BCUT2D eigenvalue weighted by Crippen LogP contribution is 2.04. The molecule has 1 nitrogen and oxygen atoms in total. The van der Waals surface area contributed by atoms with Crippen LogP contribution >= 0.6 is 0 Å². The number of rotatable bonds is 5. The minimum Gasteiger partial charge on any atom is -0.302 e. The molecule has 0 aromatic heterocycles. The lowest BCUT2D eigenvalue weighted by atomic mass is 10.2. The lowest BCUT2D eigenvalue weighted by Gasteiger charge is -2.16. The van der Waals surface area contributed by atoms with Crippen molar-refractivity contribution < 1.29 is 0 Å². The van der Waals surface area contributed by atoms with Crippen molar-refractivity contribution in [3.63, 3.8) is 0 Å². The average Bonchev–Trinajstić information content (AvgIpc) is 2.16. The number of nitrogens with zero attached hydrogens (tertiary/aromatic N) is 1. The molecule has 0 radical (unpaired) electrons. The molecule has 0 spiro atoms. The fourth-order valence-electron chi connectivity index (χ4n) is 1.36. The van der Waals surface area contributed by atoms with Gasteiger partial charge in [-0.3, -0.25) is 0 Å². The molecule has 14 heavy (non-hydrogen) atoms. The highest BCUT2D eigenvalue weighted by Gasteiger charge is 1.98. The molecule has 0 unspecified atom stereocenters. The van der Waals surface area contributed by atoms with Gasteiger partial charge in [-0.2, -0.15) is 0 Å². The minimum absolute atomic E-state index is 1.02. The SMILES string of the molecule is C=C(C)CCN(C)Cc1ccccc1. The van der Waals surface area contributed by atoms with Crippen LogP contribution in [0, 0.1) is 0 Å². The summed E-state index contributed by atoms with van der Waals surface area (Å²) in [7, 11) is 2.15. The van der Waals surface area contributed by atoms with E-state index in [0.717, 1.165) is 19.5 Å². The number of hydrogen-bond acceptors (Lipinski definition) is 1. The van der Waals surface area contributed by atoms with E-state index in [1.165, 1.54) is 11.1 Å². The number of benzene rings is 1. The number of hydrogen-bond donors (Lipinski definition) is 0. The largest absolute Gasteiger partial charge is 0.302 e. The predicted molar refractivity (Wildman–Crippen MR) is 62.2 cm³/mol. The van der Waals surface area contributed by atoms with E-state index in [4.69, 9.17) is 0 Å². The molecule has 1 aromatic rings. The minimum atomic E-state index is 1.02. The lowest BCUT2D eigenvalue weighted by molar-refractivity contribution is 0.331. The summed E-state index contributed by atoms with van der Waals surface area (Å²) in [5.41, 5.74) is 2.63. The van der Waals surface area contributed by atoms with E-state index >= 15 is 0 Å². The summed E-state index contributed by atoms with van der Waals surface area (Å²) >= 11 is 0. The van der Waals surface area contributed by atoms with Gasteiger partial charge in [0.25, 0.3) is 0 Å². The Morgan fingerprint density at radius 2 is 1.93 bits per heavy atom. The van der Waals surface area contributed by atoms with Crippen molar-refractivity contribution in [2.75, 3.05) is 13.6 Å². The second kappa shape index (κ2) is 5.61. The van der Waals surface area contributed by atoms with Crippen LogP contribution < -0.4 is 0 Å². The molecule has 0 atom stereocenters.